The lowest BCUT2D eigenvalue weighted by Gasteiger charge is -2.09. The van der Waals surface area contributed by atoms with Crippen LogP contribution in [0.3, 0.4) is 0 Å². The summed E-state index contributed by atoms with van der Waals surface area (Å²) in [6.45, 7) is 0.333. The molecule has 0 bridgehead atoms. The summed E-state index contributed by atoms with van der Waals surface area (Å²) in [5.74, 6) is 0.439. The van der Waals surface area contributed by atoms with Crippen LogP contribution in [0, 0.1) is 0 Å². The quantitative estimate of drug-likeness (QED) is 0.779. The summed E-state index contributed by atoms with van der Waals surface area (Å²) >= 11 is 6.05. The first-order valence-corrected chi connectivity index (χ1v) is 7.58. The van der Waals surface area contributed by atoms with Gasteiger partial charge in [-0.25, -0.2) is 0 Å². The number of aromatic nitrogens is 1. The number of nitrogens with zero attached hydrogens (tertiary/aromatic N) is 1. The molecular weight excluding hydrogens is 312 g/mol. The molecule has 0 aliphatic heterocycles. The van der Waals surface area contributed by atoms with E-state index in [-0.39, 0.29) is 12.5 Å². The van der Waals surface area contributed by atoms with Crippen molar-refractivity contribution in [1.29, 1.82) is 0 Å². The van der Waals surface area contributed by atoms with E-state index in [2.05, 4.69) is 10.3 Å². The Balaban J connectivity index is 1.54. The Kier molecular flexibility index (Phi) is 4.74. The number of halogens is 1. The fraction of sp³-hybridized carbons (Fsp3) is 0.111. The highest BCUT2D eigenvalue weighted by molar-refractivity contribution is 6.31. The number of hydrogen-bond acceptors (Lipinski definition) is 3. The third-order valence-electron chi connectivity index (χ3n) is 3.38. The zero-order valence-electron chi connectivity index (χ0n) is 12.3. The number of fused-ring (bicyclic) bond motifs is 1. The minimum atomic E-state index is -0.198. The molecular formula is C18H15ClN2O2. The molecule has 0 radical (unpaired) electrons. The van der Waals surface area contributed by atoms with Crippen molar-refractivity contribution in [3.05, 3.63) is 71.4 Å². The number of amides is 1. The molecule has 0 fully saturated rings. The van der Waals surface area contributed by atoms with E-state index in [9.17, 15) is 4.79 Å². The summed E-state index contributed by atoms with van der Waals surface area (Å²) in [6, 6.07) is 16.8. The van der Waals surface area contributed by atoms with Gasteiger partial charge < -0.3 is 10.1 Å². The van der Waals surface area contributed by atoms with Gasteiger partial charge in [-0.15, -0.1) is 0 Å². The van der Waals surface area contributed by atoms with Gasteiger partial charge in [-0.05, 0) is 35.9 Å². The number of benzene rings is 2. The third-order valence-corrected chi connectivity index (χ3v) is 3.75. The topological polar surface area (TPSA) is 51.2 Å². The molecule has 23 heavy (non-hydrogen) atoms. The summed E-state index contributed by atoms with van der Waals surface area (Å²) in [7, 11) is 0. The second-order valence-electron chi connectivity index (χ2n) is 5.01. The maximum Gasteiger partial charge on any atom is 0.258 e. The maximum absolute atomic E-state index is 11.9. The molecule has 0 saturated heterocycles. The van der Waals surface area contributed by atoms with Gasteiger partial charge in [0.05, 0.1) is 5.52 Å². The van der Waals surface area contributed by atoms with Crippen molar-refractivity contribution in [1.82, 2.24) is 10.3 Å². The number of nitrogens with one attached hydrogen (secondary N) is 1. The highest BCUT2D eigenvalue weighted by Crippen LogP contribution is 2.19. The van der Waals surface area contributed by atoms with Gasteiger partial charge >= 0.3 is 0 Å². The van der Waals surface area contributed by atoms with Crippen LogP contribution in [0.1, 0.15) is 5.56 Å². The predicted molar refractivity (Wildman–Crippen MR) is 90.5 cm³/mol. The van der Waals surface area contributed by atoms with Crippen LogP contribution in [0.2, 0.25) is 5.02 Å². The Morgan fingerprint density at radius 2 is 2.00 bits per heavy atom. The van der Waals surface area contributed by atoms with E-state index in [4.69, 9.17) is 16.3 Å². The average Bonchev–Trinajstić information content (AvgIpc) is 2.59. The minimum absolute atomic E-state index is 0.0454. The van der Waals surface area contributed by atoms with E-state index in [1.807, 2.05) is 42.5 Å². The molecule has 0 unspecified atom stereocenters. The van der Waals surface area contributed by atoms with Crippen LogP contribution in [0.4, 0.5) is 0 Å². The largest absolute Gasteiger partial charge is 0.484 e. The van der Waals surface area contributed by atoms with Crippen LogP contribution in [0.25, 0.3) is 10.9 Å². The van der Waals surface area contributed by atoms with Crippen LogP contribution in [-0.2, 0) is 11.3 Å². The zero-order chi connectivity index (χ0) is 16.1. The smallest absolute Gasteiger partial charge is 0.258 e. The molecule has 3 aromatic rings. The van der Waals surface area contributed by atoms with E-state index < -0.39 is 0 Å². The van der Waals surface area contributed by atoms with Gasteiger partial charge in [-0.3, -0.25) is 9.78 Å². The van der Waals surface area contributed by atoms with Gasteiger partial charge in [0.2, 0.25) is 0 Å². The van der Waals surface area contributed by atoms with Gasteiger partial charge in [0.15, 0.2) is 6.61 Å². The fourth-order valence-corrected chi connectivity index (χ4v) is 2.38. The van der Waals surface area contributed by atoms with Crippen LogP contribution in [0.5, 0.6) is 5.75 Å². The molecule has 0 spiro atoms. The maximum atomic E-state index is 11.9. The van der Waals surface area contributed by atoms with Crippen LogP contribution < -0.4 is 10.1 Å². The average molecular weight is 327 g/mol. The molecule has 3 rings (SSSR count). The third kappa shape index (κ3) is 3.99. The van der Waals surface area contributed by atoms with Crippen molar-refractivity contribution >= 4 is 28.4 Å². The summed E-state index contributed by atoms with van der Waals surface area (Å²) in [5, 5.41) is 4.40. The molecule has 1 N–H and O–H groups in total. The van der Waals surface area contributed by atoms with E-state index in [0.29, 0.717) is 17.3 Å². The van der Waals surface area contributed by atoms with Crippen molar-refractivity contribution in [3.8, 4) is 5.75 Å². The Labute approximate surface area is 139 Å². The molecule has 1 aromatic heterocycles. The Morgan fingerprint density at radius 3 is 2.87 bits per heavy atom. The van der Waals surface area contributed by atoms with Crippen molar-refractivity contribution in [2.45, 2.75) is 6.54 Å². The van der Waals surface area contributed by atoms with Crippen LogP contribution in [-0.4, -0.2) is 17.5 Å². The Morgan fingerprint density at radius 1 is 1.13 bits per heavy atom. The molecule has 0 saturated carbocycles. The van der Waals surface area contributed by atoms with Gasteiger partial charge in [0, 0.05) is 23.2 Å². The highest BCUT2D eigenvalue weighted by Gasteiger charge is 2.05. The number of carbonyl (C=O) groups excluding carboxylic acids is 1. The molecule has 4 nitrogen and oxygen atoms in total. The monoisotopic (exact) mass is 326 g/mol. The lowest BCUT2D eigenvalue weighted by molar-refractivity contribution is -0.123. The lowest BCUT2D eigenvalue weighted by Crippen LogP contribution is -2.28. The van der Waals surface area contributed by atoms with Gasteiger partial charge in [0.25, 0.3) is 5.91 Å². The van der Waals surface area contributed by atoms with Crippen molar-refractivity contribution in [2.24, 2.45) is 0 Å². The molecule has 0 aliphatic carbocycles. The van der Waals surface area contributed by atoms with Gasteiger partial charge in [0.1, 0.15) is 5.75 Å². The SMILES string of the molecule is O=C(COc1ccc2ncccc2c1)NCc1ccccc1Cl. The number of ether oxygens (including phenoxy) is 1. The first kappa shape index (κ1) is 15.3. The molecule has 0 aliphatic rings. The molecule has 116 valence electrons. The number of carbonyl (C=O) groups is 1. The summed E-state index contributed by atoms with van der Waals surface area (Å²) in [5.41, 5.74) is 1.77. The minimum Gasteiger partial charge on any atom is -0.484 e. The molecule has 1 amide bonds. The number of rotatable bonds is 5. The van der Waals surface area contributed by atoms with Crippen molar-refractivity contribution < 1.29 is 9.53 Å². The second-order valence-corrected chi connectivity index (χ2v) is 5.42. The van der Waals surface area contributed by atoms with Gasteiger partial charge in [-0.2, -0.15) is 0 Å². The first-order chi connectivity index (χ1) is 11.2. The standard InChI is InChI=1S/C18H15ClN2O2/c19-16-6-2-1-4-14(16)11-21-18(22)12-23-15-7-8-17-13(10-15)5-3-9-20-17/h1-10H,11-12H2,(H,21,22). The highest BCUT2D eigenvalue weighted by atomic mass is 35.5. The summed E-state index contributed by atoms with van der Waals surface area (Å²) in [4.78, 5) is 16.1. The predicted octanol–water partition coefficient (Wildman–Crippen LogP) is 3.58. The van der Waals surface area contributed by atoms with E-state index in [1.165, 1.54) is 0 Å². The zero-order valence-corrected chi connectivity index (χ0v) is 13.1. The van der Waals surface area contributed by atoms with Crippen molar-refractivity contribution in [3.63, 3.8) is 0 Å². The normalized spacial score (nSPS) is 10.5. The van der Waals surface area contributed by atoms with E-state index >= 15 is 0 Å². The molecule has 2 aromatic carbocycles. The summed E-state index contributed by atoms with van der Waals surface area (Å²) < 4.78 is 5.52. The lowest BCUT2D eigenvalue weighted by atomic mass is 10.2. The Bertz CT molecular complexity index is 836. The first-order valence-electron chi connectivity index (χ1n) is 7.20. The fourth-order valence-electron chi connectivity index (χ4n) is 2.18. The second kappa shape index (κ2) is 7.11. The number of hydrogen-bond donors (Lipinski definition) is 1. The molecule has 0 atom stereocenters. The molecule has 1 heterocycles. The van der Waals surface area contributed by atoms with E-state index in [1.54, 1.807) is 18.3 Å². The van der Waals surface area contributed by atoms with Crippen LogP contribution >= 0.6 is 11.6 Å². The van der Waals surface area contributed by atoms with Gasteiger partial charge in [-0.1, -0.05) is 35.9 Å². The molecule has 5 heteroatoms. The summed E-state index contributed by atoms with van der Waals surface area (Å²) in [6.07, 6.45) is 1.74. The number of pyridine rings is 1. The van der Waals surface area contributed by atoms with Crippen molar-refractivity contribution in [2.75, 3.05) is 6.61 Å². The Hall–Kier alpha value is -2.59. The van der Waals surface area contributed by atoms with E-state index in [0.717, 1.165) is 16.5 Å². The van der Waals surface area contributed by atoms with Crippen LogP contribution in [0.15, 0.2) is 60.8 Å².